The van der Waals surface area contributed by atoms with Gasteiger partial charge in [0.1, 0.15) is 16.4 Å². The van der Waals surface area contributed by atoms with Crippen molar-refractivity contribution in [2.24, 2.45) is 0 Å². The maximum atomic E-state index is 5.75. The summed E-state index contributed by atoms with van der Waals surface area (Å²) < 4.78 is 5.84. The first-order valence-corrected chi connectivity index (χ1v) is 6.93. The van der Waals surface area contributed by atoms with E-state index in [1.807, 2.05) is 35.7 Å². The predicted molar refractivity (Wildman–Crippen MR) is 65.1 cm³/mol. The van der Waals surface area contributed by atoms with Crippen LogP contribution in [0, 0.1) is 6.42 Å². The van der Waals surface area contributed by atoms with Gasteiger partial charge in [0, 0.05) is 12.0 Å². The van der Waals surface area contributed by atoms with Crippen molar-refractivity contribution in [3.8, 4) is 5.75 Å². The van der Waals surface area contributed by atoms with Crippen LogP contribution < -0.4 is 4.74 Å². The molecule has 0 N–H and O–H groups in total. The first-order chi connectivity index (χ1) is 6.79. The average Bonchev–Trinajstić information content (AvgIpc) is 2.28. The SMILES string of the molecule is CSC1(SC)[CH]c2ccccc2OC1. The minimum Gasteiger partial charge on any atom is -0.491 e. The Morgan fingerprint density at radius 2 is 1.93 bits per heavy atom. The second-order valence-electron chi connectivity index (χ2n) is 3.19. The van der Waals surface area contributed by atoms with Crippen molar-refractivity contribution in [3.05, 3.63) is 36.2 Å². The number of para-hydroxylation sites is 1. The summed E-state index contributed by atoms with van der Waals surface area (Å²) in [7, 11) is 0. The van der Waals surface area contributed by atoms with Gasteiger partial charge in [-0.3, -0.25) is 0 Å². The van der Waals surface area contributed by atoms with Crippen LogP contribution in [-0.4, -0.2) is 23.2 Å². The molecule has 1 aromatic carbocycles. The summed E-state index contributed by atoms with van der Waals surface area (Å²) in [6, 6.07) is 8.19. The molecule has 1 heterocycles. The zero-order chi connectivity index (χ0) is 10.0. The summed E-state index contributed by atoms with van der Waals surface area (Å²) in [6.45, 7) is 0.756. The molecule has 1 aliphatic heterocycles. The maximum Gasteiger partial charge on any atom is 0.122 e. The molecule has 1 nitrogen and oxygen atoms in total. The van der Waals surface area contributed by atoms with E-state index in [9.17, 15) is 0 Å². The lowest BCUT2D eigenvalue weighted by molar-refractivity contribution is 0.302. The molecule has 0 fully saturated rings. The van der Waals surface area contributed by atoms with E-state index in [-0.39, 0.29) is 4.08 Å². The van der Waals surface area contributed by atoms with Gasteiger partial charge in [-0.05, 0) is 18.6 Å². The highest BCUT2D eigenvalue weighted by Crippen LogP contribution is 2.44. The van der Waals surface area contributed by atoms with Gasteiger partial charge in [0.15, 0.2) is 0 Å². The third-order valence-corrected chi connectivity index (χ3v) is 5.27. The lowest BCUT2D eigenvalue weighted by atomic mass is 10.1. The smallest absolute Gasteiger partial charge is 0.122 e. The molecule has 3 heteroatoms. The van der Waals surface area contributed by atoms with Gasteiger partial charge in [0.05, 0.1) is 0 Å². The summed E-state index contributed by atoms with van der Waals surface area (Å²) >= 11 is 3.68. The normalized spacial score (nSPS) is 18.4. The molecule has 1 aromatic rings. The fourth-order valence-electron chi connectivity index (χ4n) is 1.51. The minimum atomic E-state index is 0.0916. The van der Waals surface area contributed by atoms with E-state index in [2.05, 4.69) is 31.1 Å². The molecule has 0 amide bonds. The highest BCUT2D eigenvalue weighted by Gasteiger charge is 2.34. The van der Waals surface area contributed by atoms with E-state index in [4.69, 9.17) is 4.74 Å². The number of rotatable bonds is 2. The predicted octanol–water partition coefficient (Wildman–Crippen LogP) is 3.05. The molecule has 75 valence electrons. The fourth-order valence-corrected chi connectivity index (χ4v) is 3.02. The molecule has 0 saturated carbocycles. The monoisotopic (exact) mass is 225 g/mol. The van der Waals surface area contributed by atoms with Gasteiger partial charge in [0.25, 0.3) is 0 Å². The summed E-state index contributed by atoms with van der Waals surface area (Å²) in [5, 5.41) is 0. The van der Waals surface area contributed by atoms with Crippen molar-refractivity contribution in [2.75, 3.05) is 19.1 Å². The molecular weight excluding hydrogens is 212 g/mol. The lowest BCUT2D eigenvalue weighted by Gasteiger charge is -2.34. The van der Waals surface area contributed by atoms with Gasteiger partial charge in [-0.2, -0.15) is 0 Å². The quantitative estimate of drug-likeness (QED) is 0.716. The number of fused-ring (bicyclic) bond motifs is 1. The molecule has 1 radical (unpaired) electrons. The van der Waals surface area contributed by atoms with E-state index < -0.39 is 0 Å². The highest BCUT2D eigenvalue weighted by molar-refractivity contribution is 8.17. The van der Waals surface area contributed by atoms with Crippen LogP contribution in [-0.2, 0) is 0 Å². The van der Waals surface area contributed by atoms with Gasteiger partial charge >= 0.3 is 0 Å². The standard InChI is InChI=1S/C11H13OS2/c1-13-11(14-2)7-9-5-3-4-6-10(9)12-8-11/h3-7H,8H2,1-2H3. The van der Waals surface area contributed by atoms with Gasteiger partial charge in [-0.1, -0.05) is 18.2 Å². The Morgan fingerprint density at radius 1 is 1.21 bits per heavy atom. The summed E-state index contributed by atoms with van der Waals surface area (Å²) in [5.74, 6) is 1.01. The number of ether oxygens (including phenoxy) is 1. The summed E-state index contributed by atoms with van der Waals surface area (Å²) in [5.41, 5.74) is 1.21. The molecule has 0 saturated heterocycles. The molecule has 0 unspecified atom stereocenters. The Labute approximate surface area is 93.6 Å². The molecule has 14 heavy (non-hydrogen) atoms. The Balaban J connectivity index is 2.28. The van der Waals surface area contributed by atoms with Crippen LogP contribution in [0.15, 0.2) is 24.3 Å². The Hall–Kier alpha value is -0.280. The minimum absolute atomic E-state index is 0.0916. The summed E-state index contributed by atoms with van der Waals surface area (Å²) in [6.07, 6.45) is 6.57. The molecule has 0 aliphatic carbocycles. The summed E-state index contributed by atoms with van der Waals surface area (Å²) in [4.78, 5) is 0. The van der Waals surface area contributed by atoms with Gasteiger partial charge < -0.3 is 4.74 Å². The lowest BCUT2D eigenvalue weighted by Crippen LogP contribution is -2.33. The zero-order valence-corrected chi connectivity index (χ0v) is 9.95. The van der Waals surface area contributed by atoms with Crippen LogP contribution in [0.25, 0.3) is 0 Å². The fraction of sp³-hybridized carbons (Fsp3) is 0.364. The number of thioether (sulfide) groups is 2. The van der Waals surface area contributed by atoms with Gasteiger partial charge in [0.2, 0.25) is 0 Å². The molecule has 1 aliphatic rings. The van der Waals surface area contributed by atoms with Crippen molar-refractivity contribution in [2.45, 2.75) is 4.08 Å². The van der Waals surface area contributed by atoms with Crippen LogP contribution >= 0.6 is 23.5 Å². The van der Waals surface area contributed by atoms with Crippen LogP contribution in [0.4, 0.5) is 0 Å². The molecule has 0 spiro atoms. The van der Waals surface area contributed by atoms with Gasteiger partial charge in [-0.15, -0.1) is 23.5 Å². The van der Waals surface area contributed by atoms with Crippen LogP contribution in [0.3, 0.4) is 0 Å². The number of benzene rings is 1. The Morgan fingerprint density at radius 3 is 2.64 bits per heavy atom. The topological polar surface area (TPSA) is 9.23 Å². The average molecular weight is 225 g/mol. The Bertz CT molecular complexity index is 321. The van der Waals surface area contributed by atoms with Crippen molar-refractivity contribution in [1.29, 1.82) is 0 Å². The first-order valence-electron chi connectivity index (χ1n) is 4.48. The molecule has 0 atom stereocenters. The largest absolute Gasteiger partial charge is 0.491 e. The maximum absolute atomic E-state index is 5.75. The van der Waals surface area contributed by atoms with Crippen molar-refractivity contribution in [3.63, 3.8) is 0 Å². The van der Waals surface area contributed by atoms with Gasteiger partial charge in [-0.25, -0.2) is 0 Å². The first kappa shape index (κ1) is 10.2. The zero-order valence-electron chi connectivity index (χ0n) is 8.32. The molecule has 0 aromatic heterocycles. The van der Waals surface area contributed by atoms with Crippen molar-refractivity contribution < 1.29 is 4.74 Å². The van der Waals surface area contributed by atoms with Crippen LogP contribution in [0.2, 0.25) is 0 Å². The van der Waals surface area contributed by atoms with E-state index in [0.717, 1.165) is 12.4 Å². The molecule has 2 rings (SSSR count). The van der Waals surface area contributed by atoms with Crippen LogP contribution in [0.1, 0.15) is 5.56 Å². The van der Waals surface area contributed by atoms with E-state index in [0.29, 0.717) is 0 Å². The number of hydrogen-bond acceptors (Lipinski definition) is 3. The second kappa shape index (κ2) is 4.07. The number of hydrogen-bond donors (Lipinski definition) is 0. The highest BCUT2D eigenvalue weighted by atomic mass is 32.2. The molecule has 0 bridgehead atoms. The van der Waals surface area contributed by atoms with Crippen molar-refractivity contribution in [1.82, 2.24) is 0 Å². The van der Waals surface area contributed by atoms with Crippen molar-refractivity contribution >= 4 is 23.5 Å². The molecular formula is C11H13OS2. The third-order valence-electron chi connectivity index (χ3n) is 2.41. The Kier molecular flexibility index (Phi) is 2.98. The second-order valence-corrected chi connectivity index (χ2v) is 5.72. The van der Waals surface area contributed by atoms with E-state index in [1.165, 1.54) is 5.56 Å². The van der Waals surface area contributed by atoms with E-state index in [1.54, 1.807) is 0 Å². The third kappa shape index (κ3) is 1.75. The van der Waals surface area contributed by atoms with Crippen LogP contribution in [0.5, 0.6) is 5.75 Å². The van der Waals surface area contributed by atoms with E-state index >= 15 is 0 Å².